The molecule has 0 aromatic carbocycles. The van der Waals surface area contributed by atoms with Gasteiger partial charge in [-0.1, -0.05) is 0 Å². The van der Waals surface area contributed by atoms with Crippen LogP contribution < -0.4 is 0 Å². The van der Waals surface area contributed by atoms with E-state index in [4.69, 9.17) is 19.7 Å². The molecule has 0 aromatic heterocycles. The van der Waals surface area contributed by atoms with Crippen molar-refractivity contribution in [2.75, 3.05) is 0 Å². The summed E-state index contributed by atoms with van der Waals surface area (Å²) >= 11 is 0. The van der Waals surface area contributed by atoms with Crippen molar-refractivity contribution < 1.29 is 64.7 Å². The molecule has 0 amide bonds. The van der Waals surface area contributed by atoms with Crippen LogP contribution in [0.5, 0.6) is 0 Å². The molecule has 13 nitrogen and oxygen atoms in total. The molecule has 0 spiro atoms. The molecule has 144 valence electrons. The number of aliphatic hydroxyl groups excluding tert-OH is 6. The number of aliphatic carboxylic acids is 2. The van der Waals surface area contributed by atoms with Gasteiger partial charge in [-0.05, 0) is 0 Å². The lowest BCUT2D eigenvalue weighted by molar-refractivity contribution is -0.346. The monoisotopic (exact) mass is 370 g/mol. The fourth-order valence-electron chi connectivity index (χ4n) is 2.52. The van der Waals surface area contributed by atoms with E-state index in [1.54, 1.807) is 0 Å². The molecule has 2 saturated heterocycles. The fourth-order valence-corrected chi connectivity index (χ4v) is 2.52. The maximum atomic E-state index is 11.2. The van der Waals surface area contributed by atoms with Crippen LogP contribution >= 0.6 is 0 Å². The van der Waals surface area contributed by atoms with Crippen LogP contribution in [-0.4, -0.2) is 114 Å². The van der Waals surface area contributed by atoms with Crippen molar-refractivity contribution in [2.45, 2.75) is 61.4 Å². The number of carboxylic acids is 2. The molecule has 2 rings (SSSR count). The van der Waals surface area contributed by atoms with Crippen LogP contribution in [0.1, 0.15) is 0 Å². The number of carbonyl (C=O) groups is 2. The van der Waals surface area contributed by atoms with Crippen molar-refractivity contribution in [3.63, 3.8) is 0 Å². The summed E-state index contributed by atoms with van der Waals surface area (Å²) in [6, 6.07) is 0. The second-order valence-electron chi connectivity index (χ2n) is 5.60. The first kappa shape index (κ1) is 19.9. The minimum absolute atomic E-state index is 1.70. The van der Waals surface area contributed by atoms with Gasteiger partial charge in [0, 0.05) is 0 Å². The van der Waals surface area contributed by atoms with Crippen molar-refractivity contribution in [3.05, 3.63) is 0 Å². The molecule has 10 atom stereocenters. The van der Waals surface area contributed by atoms with E-state index in [0.29, 0.717) is 0 Å². The van der Waals surface area contributed by atoms with Gasteiger partial charge in [-0.2, -0.15) is 0 Å². The highest BCUT2D eigenvalue weighted by Gasteiger charge is 2.53. The van der Waals surface area contributed by atoms with E-state index < -0.39 is 73.4 Å². The van der Waals surface area contributed by atoms with E-state index in [9.17, 15) is 40.2 Å². The number of ether oxygens (including phenoxy) is 3. The normalized spacial score (nSPS) is 48.1. The maximum Gasteiger partial charge on any atom is 0.335 e. The minimum Gasteiger partial charge on any atom is -0.479 e. The van der Waals surface area contributed by atoms with Gasteiger partial charge in [0.1, 0.15) is 36.6 Å². The Bertz CT molecular complexity index is 511. The molecule has 0 aliphatic carbocycles. The molecular formula is C12H18O13. The van der Waals surface area contributed by atoms with E-state index in [0.717, 1.165) is 0 Å². The summed E-state index contributed by atoms with van der Waals surface area (Å²) in [4.78, 5) is 22.2. The Morgan fingerprint density at radius 3 is 1.76 bits per heavy atom. The highest BCUT2D eigenvalue weighted by molar-refractivity contribution is 5.74. The van der Waals surface area contributed by atoms with E-state index >= 15 is 0 Å². The molecule has 2 aliphatic heterocycles. The van der Waals surface area contributed by atoms with Crippen molar-refractivity contribution in [1.29, 1.82) is 0 Å². The summed E-state index contributed by atoms with van der Waals surface area (Å²) in [5, 5.41) is 75.9. The van der Waals surface area contributed by atoms with Crippen LogP contribution in [0.3, 0.4) is 0 Å². The van der Waals surface area contributed by atoms with Gasteiger partial charge in [-0.15, -0.1) is 0 Å². The number of hydrogen-bond donors (Lipinski definition) is 8. The third-order valence-corrected chi connectivity index (χ3v) is 3.91. The summed E-state index contributed by atoms with van der Waals surface area (Å²) in [5.74, 6) is -3.39. The van der Waals surface area contributed by atoms with Crippen LogP contribution in [0.15, 0.2) is 0 Å². The topological polar surface area (TPSA) is 224 Å². The Labute approximate surface area is 139 Å². The molecule has 2 aliphatic rings. The zero-order valence-electron chi connectivity index (χ0n) is 12.4. The summed E-state index contributed by atoms with van der Waals surface area (Å²) in [6.45, 7) is 0. The zero-order valence-corrected chi connectivity index (χ0v) is 12.4. The predicted molar refractivity (Wildman–Crippen MR) is 69.7 cm³/mol. The molecule has 2 fully saturated rings. The van der Waals surface area contributed by atoms with Crippen LogP contribution in [0, 0.1) is 0 Å². The summed E-state index contributed by atoms with van der Waals surface area (Å²) in [6.07, 6.45) is -19.9. The molecule has 0 saturated carbocycles. The lowest BCUT2D eigenvalue weighted by Gasteiger charge is -2.44. The molecule has 0 bridgehead atoms. The van der Waals surface area contributed by atoms with Crippen LogP contribution in [0.25, 0.3) is 0 Å². The number of carboxylic acid groups (broad SMARTS) is 2. The Balaban J connectivity index is 2.22. The summed E-state index contributed by atoms with van der Waals surface area (Å²) in [7, 11) is 0. The molecule has 2 heterocycles. The van der Waals surface area contributed by atoms with Gasteiger partial charge in [0.15, 0.2) is 24.8 Å². The second-order valence-corrected chi connectivity index (χ2v) is 5.60. The van der Waals surface area contributed by atoms with Gasteiger partial charge in [0.2, 0.25) is 0 Å². The van der Waals surface area contributed by atoms with Crippen molar-refractivity contribution in [3.8, 4) is 0 Å². The Hall–Kier alpha value is -1.42. The van der Waals surface area contributed by atoms with Crippen molar-refractivity contribution in [2.24, 2.45) is 0 Å². The predicted octanol–water partition coefficient (Wildman–Crippen LogP) is -5.21. The molecule has 8 N–H and O–H groups in total. The molecule has 13 heteroatoms. The van der Waals surface area contributed by atoms with Gasteiger partial charge < -0.3 is 55.1 Å². The Morgan fingerprint density at radius 2 is 1.24 bits per heavy atom. The van der Waals surface area contributed by atoms with Crippen molar-refractivity contribution in [1.82, 2.24) is 0 Å². The summed E-state index contributed by atoms with van der Waals surface area (Å²) < 4.78 is 14.4. The Kier molecular flexibility index (Phi) is 5.93. The van der Waals surface area contributed by atoms with E-state index in [-0.39, 0.29) is 0 Å². The highest BCUT2D eigenvalue weighted by atomic mass is 16.7. The van der Waals surface area contributed by atoms with Gasteiger partial charge in [0.25, 0.3) is 0 Å². The molecule has 0 aromatic rings. The second kappa shape index (κ2) is 7.45. The quantitative estimate of drug-likeness (QED) is 0.232. The molecular weight excluding hydrogens is 352 g/mol. The summed E-state index contributed by atoms with van der Waals surface area (Å²) in [5.41, 5.74) is 0. The maximum absolute atomic E-state index is 11.2. The average Bonchev–Trinajstić information content (AvgIpc) is 2.54. The van der Waals surface area contributed by atoms with E-state index in [1.165, 1.54) is 0 Å². The lowest BCUT2D eigenvalue weighted by atomic mass is 9.96. The van der Waals surface area contributed by atoms with Crippen molar-refractivity contribution >= 4 is 11.9 Å². The highest BCUT2D eigenvalue weighted by Crippen LogP contribution is 2.28. The third kappa shape index (κ3) is 3.74. The van der Waals surface area contributed by atoms with Crippen LogP contribution in [0.4, 0.5) is 0 Å². The van der Waals surface area contributed by atoms with Crippen LogP contribution in [0.2, 0.25) is 0 Å². The molecule has 25 heavy (non-hydrogen) atoms. The number of aliphatic hydroxyl groups is 6. The first-order valence-electron chi connectivity index (χ1n) is 7.06. The van der Waals surface area contributed by atoms with Gasteiger partial charge in [0.05, 0.1) is 0 Å². The minimum atomic E-state index is -2.03. The number of hydrogen-bond acceptors (Lipinski definition) is 11. The van der Waals surface area contributed by atoms with Gasteiger partial charge >= 0.3 is 11.9 Å². The molecule has 0 radical (unpaired) electrons. The SMILES string of the molecule is O=C(O)[C@H]1O[C@@H](O[C@H]2[C@H](O)[C@@H](O)[C@H](O)O[C@@H]2C(=O)O)[C@H](O)[C@@H](O)[C@@H]1O. The van der Waals surface area contributed by atoms with Crippen LogP contribution in [-0.2, 0) is 23.8 Å². The Morgan fingerprint density at radius 1 is 0.680 bits per heavy atom. The van der Waals surface area contributed by atoms with E-state index in [1.807, 2.05) is 0 Å². The standard InChI is InChI=1S/C12H18O13/c13-1-2(14)7(9(18)19)25-12(5(1)17)24-6-3(15)4(16)11(22)23-8(6)10(20)21/h1-8,11-17,22H,(H,18,19)(H,20,21)/t1-,2-,3+,4+,5+,6-,7-,8-,11+,12+/m0/s1. The number of rotatable bonds is 4. The van der Waals surface area contributed by atoms with E-state index in [2.05, 4.69) is 4.74 Å². The average molecular weight is 370 g/mol. The van der Waals surface area contributed by atoms with Gasteiger partial charge in [-0.3, -0.25) is 0 Å². The lowest BCUT2D eigenvalue weighted by Crippen LogP contribution is -2.65. The third-order valence-electron chi connectivity index (χ3n) is 3.91. The largest absolute Gasteiger partial charge is 0.479 e. The first-order chi connectivity index (χ1) is 11.6. The van der Waals surface area contributed by atoms with Gasteiger partial charge in [-0.25, -0.2) is 9.59 Å². The molecule has 0 unspecified atom stereocenters. The smallest absolute Gasteiger partial charge is 0.335 e. The fraction of sp³-hybridized carbons (Fsp3) is 0.833. The zero-order chi connectivity index (χ0) is 19.0. The first-order valence-corrected chi connectivity index (χ1v) is 7.06.